The molecule has 0 fully saturated rings. The molecule has 14 heavy (non-hydrogen) atoms. The molecule has 0 amide bonds. The minimum atomic E-state index is 0.0446. The standard InChI is InChI=1S/C11H16ClNO/c1-9(2)5-7-13-6-3-4-10(8-12)11(13)14/h3-4,6,9H,5,7-8H2,1-2H3. The van der Waals surface area contributed by atoms with Gasteiger partial charge in [0.2, 0.25) is 0 Å². The zero-order valence-electron chi connectivity index (χ0n) is 8.66. The lowest BCUT2D eigenvalue weighted by Crippen LogP contribution is -2.22. The van der Waals surface area contributed by atoms with Crippen molar-refractivity contribution in [3.8, 4) is 0 Å². The van der Waals surface area contributed by atoms with Crippen LogP contribution in [0, 0.1) is 5.92 Å². The summed E-state index contributed by atoms with van der Waals surface area (Å²) < 4.78 is 1.73. The fourth-order valence-corrected chi connectivity index (χ4v) is 1.46. The minimum absolute atomic E-state index is 0.0446. The fourth-order valence-electron chi connectivity index (χ4n) is 1.26. The van der Waals surface area contributed by atoms with Crippen LogP contribution < -0.4 is 5.56 Å². The first-order chi connectivity index (χ1) is 6.65. The van der Waals surface area contributed by atoms with E-state index in [0.29, 0.717) is 17.4 Å². The molecule has 0 bridgehead atoms. The van der Waals surface area contributed by atoms with Crippen molar-refractivity contribution in [2.24, 2.45) is 5.92 Å². The van der Waals surface area contributed by atoms with E-state index in [-0.39, 0.29) is 5.56 Å². The Morgan fingerprint density at radius 1 is 1.50 bits per heavy atom. The van der Waals surface area contributed by atoms with Crippen LogP contribution in [-0.2, 0) is 12.4 Å². The van der Waals surface area contributed by atoms with E-state index < -0.39 is 0 Å². The van der Waals surface area contributed by atoms with E-state index in [0.717, 1.165) is 13.0 Å². The predicted molar refractivity (Wildman–Crippen MR) is 59.7 cm³/mol. The van der Waals surface area contributed by atoms with Crippen LogP contribution in [0.15, 0.2) is 23.1 Å². The molecule has 0 saturated carbocycles. The highest BCUT2D eigenvalue weighted by atomic mass is 35.5. The highest BCUT2D eigenvalue weighted by molar-refractivity contribution is 6.17. The SMILES string of the molecule is CC(C)CCn1cccc(CCl)c1=O. The molecule has 1 rings (SSSR count). The molecule has 0 saturated heterocycles. The normalized spacial score (nSPS) is 10.9. The quantitative estimate of drug-likeness (QED) is 0.705. The van der Waals surface area contributed by atoms with Crippen molar-refractivity contribution in [1.29, 1.82) is 0 Å². The number of hydrogen-bond acceptors (Lipinski definition) is 1. The summed E-state index contributed by atoms with van der Waals surface area (Å²) in [6.45, 7) is 5.08. The molecule has 1 heterocycles. The largest absolute Gasteiger partial charge is 0.315 e. The number of rotatable bonds is 4. The lowest BCUT2D eigenvalue weighted by molar-refractivity contribution is 0.507. The summed E-state index contributed by atoms with van der Waals surface area (Å²) >= 11 is 5.65. The van der Waals surface area contributed by atoms with Gasteiger partial charge in [-0.3, -0.25) is 4.79 Å². The average molecular weight is 214 g/mol. The van der Waals surface area contributed by atoms with E-state index in [9.17, 15) is 4.79 Å². The summed E-state index contributed by atoms with van der Waals surface area (Å²) in [4.78, 5) is 11.7. The van der Waals surface area contributed by atoms with Crippen LogP contribution in [0.4, 0.5) is 0 Å². The molecular formula is C11H16ClNO. The lowest BCUT2D eigenvalue weighted by Gasteiger charge is -2.08. The fraction of sp³-hybridized carbons (Fsp3) is 0.545. The van der Waals surface area contributed by atoms with Gasteiger partial charge in [-0.2, -0.15) is 0 Å². The average Bonchev–Trinajstić information content (AvgIpc) is 2.16. The van der Waals surface area contributed by atoms with Crippen LogP contribution in [0.5, 0.6) is 0 Å². The third-order valence-corrected chi connectivity index (χ3v) is 2.48. The van der Waals surface area contributed by atoms with Gasteiger partial charge in [-0.25, -0.2) is 0 Å². The van der Waals surface area contributed by atoms with Crippen molar-refractivity contribution in [2.75, 3.05) is 0 Å². The van der Waals surface area contributed by atoms with Crippen LogP contribution >= 0.6 is 11.6 Å². The maximum Gasteiger partial charge on any atom is 0.254 e. The highest BCUT2D eigenvalue weighted by Gasteiger charge is 2.02. The lowest BCUT2D eigenvalue weighted by atomic mass is 10.1. The summed E-state index contributed by atoms with van der Waals surface area (Å²) in [5.74, 6) is 0.906. The van der Waals surface area contributed by atoms with Gasteiger partial charge in [-0.1, -0.05) is 19.9 Å². The Bertz CT molecular complexity index is 343. The van der Waals surface area contributed by atoms with Gasteiger partial charge in [0.15, 0.2) is 0 Å². The summed E-state index contributed by atoms with van der Waals surface area (Å²) in [5, 5.41) is 0. The molecule has 0 radical (unpaired) electrons. The first-order valence-electron chi connectivity index (χ1n) is 4.89. The number of alkyl halides is 1. The number of nitrogens with zero attached hydrogens (tertiary/aromatic N) is 1. The zero-order valence-corrected chi connectivity index (χ0v) is 9.42. The van der Waals surface area contributed by atoms with E-state index in [4.69, 9.17) is 11.6 Å². The van der Waals surface area contributed by atoms with Crippen molar-refractivity contribution in [3.05, 3.63) is 34.2 Å². The van der Waals surface area contributed by atoms with Crippen molar-refractivity contribution in [2.45, 2.75) is 32.7 Å². The van der Waals surface area contributed by atoms with Gasteiger partial charge in [-0.05, 0) is 18.4 Å². The number of aryl methyl sites for hydroxylation is 1. The Labute approximate surface area is 89.5 Å². The van der Waals surface area contributed by atoms with Gasteiger partial charge in [0.05, 0.1) is 5.88 Å². The van der Waals surface area contributed by atoms with Crippen LogP contribution in [-0.4, -0.2) is 4.57 Å². The molecule has 1 aromatic heterocycles. The van der Waals surface area contributed by atoms with Crippen molar-refractivity contribution in [3.63, 3.8) is 0 Å². The predicted octanol–water partition coefficient (Wildman–Crippen LogP) is 2.63. The van der Waals surface area contributed by atoms with Gasteiger partial charge in [0, 0.05) is 18.3 Å². The molecule has 0 N–H and O–H groups in total. The summed E-state index contributed by atoms with van der Waals surface area (Å²) in [6.07, 6.45) is 2.84. The molecule has 3 heteroatoms. The molecule has 0 aliphatic rings. The van der Waals surface area contributed by atoms with Crippen LogP contribution in [0.3, 0.4) is 0 Å². The Morgan fingerprint density at radius 3 is 2.79 bits per heavy atom. The maximum atomic E-state index is 11.7. The Morgan fingerprint density at radius 2 is 2.21 bits per heavy atom. The smallest absolute Gasteiger partial charge is 0.254 e. The minimum Gasteiger partial charge on any atom is -0.315 e. The molecule has 78 valence electrons. The van der Waals surface area contributed by atoms with Gasteiger partial charge in [-0.15, -0.1) is 11.6 Å². The second kappa shape index (κ2) is 5.20. The molecule has 0 atom stereocenters. The van der Waals surface area contributed by atoms with Gasteiger partial charge in [0.25, 0.3) is 5.56 Å². The second-order valence-corrected chi connectivity index (χ2v) is 4.12. The molecule has 0 unspecified atom stereocenters. The van der Waals surface area contributed by atoms with E-state index in [1.807, 2.05) is 12.3 Å². The third kappa shape index (κ3) is 2.88. The van der Waals surface area contributed by atoms with Crippen molar-refractivity contribution < 1.29 is 0 Å². The van der Waals surface area contributed by atoms with E-state index in [2.05, 4.69) is 13.8 Å². The Balaban J connectivity index is 2.82. The topological polar surface area (TPSA) is 22.0 Å². The van der Waals surface area contributed by atoms with Gasteiger partial charge in [0.1, 0.15) is 0 Å². The van der Waals surface area contributed by atoms with Crippen LogP contribution in [0.1, 0.15) is 25.8 Å². The van der Waals surface area contributed by atoms with E-state index in [1.165, 1.54) is 0 Å². The second-order valence-electron chi connectivity index (χ2n) is 3.85. The molecule has 0 spiro atoms. The number of aromatic nitrogens is 1. The van der Waals surface area contributed by atoms with Crippen LogP contribution in [0.2, 0.25) is 0 Å². The molecular weight excluding hydrogens is 198 g/mol. The first kappa shape index (κ1) is 11.3. The monoisotopic (exact) mass is 213 g/mol. The van der Waals surface area contributed by atoms with Gasteiger partial charge >= 0.3 is 0 Å². The molecule has 0 aliphatic heterocycles. The third-order valence-electron chi connectivity index (χ3n) is 2.19. The molecule has 1 aromatic rings. The molecule has 2 nitrogen and oxygen atoms in total. The first-order valence-corrected chi connectivity index (χ1v) is 5.43. The summed E-state index contributed by atoms with van der Waals surface area (Å²) in [5.41, 5.74) is 0.723. The summed E-state index contributed by atoms with van der Waals surface area (Å²) in [7, 11) is 0. The Hall–Kier alpha value is -0.760. The number of pyridine rings is 1. The molecule has 0 aliphatic carbocycles. The van der Waals surface area contributed by atoms with E-state index >= 15 is 0 Å². The highest BCUT2D eigenvalue weighted by Crippen LogP contribution is 2.02. The number of hydrogen-bond donors (Lipinski definition) is 0. The van der Waals surface area contributed by atoms with Gasteiger partial charge < -0.3 is 4.57 Å². The number of halogens is 1. The van der Waals surface area contributed by atoms with Crippen LogP contribution in [0.25, 0.3) is 0 Å². The van der Waals surface area contributed by atoms with E-state index in [1.54, 1.807) is 10.6 Å². The summed E-state index contributed by atoms with van der Waals surface area (Å²) in [6, 6.07) is 3.65. The van der Waals surface area contributed by atoms with Crippen molar-refractivity contribution in [1.82, 2.24) is 4.57 Å². The zero-order chi connectivity index (χ0) is 10.6. The maximum absolute atomic E-state index is 11.7. The Kier molecular flexibility index (Phi) is 4.21. The van der Waals surface area contributed by atoms with Crippen molar-refractivity contribution >= 4 is 11.6 Å². The molecule has 0 aromatic carbocycles.